The van der Waals surface area contributed by atoms with Crippen molar-refractivity contribution in [3.05, 3.63) is 18.2 Å². The molecule has 172 valence electrons. The summed E-state index contributed by atoms with van der Waals surface area (Å²) >= 11 is 0. The molecule has 1 aromatic heterocycles. The first kappa shape index (κ1) is 25.6. The van der Waals surface area contributed by atoms with Gasteiger partial charge in [0.1, 0.15) is 12.1 Å². The van der Waals surface area contributed by atoms with Crippen LogP contribution in [0.3, 0.4) is 0 Å². The van der Waals surface area contributed by atoms with Gasteiger partial charge in [0.05, 0.1) is 25.3 Å². The maximum atomic E-state index is 12.4. The normalized spacial score (nSPS) is 14.5. The Kier molecular flexibility index (Phi) is 10.1. The second-order valence-corrected chi connectivity index (χ2v) is 7.03. The van der Waals surface area contributed by atoms with Crippen LogP contribution in [0.25, 0.3) is 0 Å². The molecule has 4 unspecified atom stereocenters. The van der Waals surface area contributed by atoms with E-state index in [9.17, 15) is 29.1 Å². The van der Waals surface area contributed by atoms with Crippen LogP contribution in [-0.4, -0.2) is 74.5 Å². The molecule has 1 rings (SSSR count). The molecule has 1 heterocycles. The third kappa shape index (κ3) is 8.82. The van der Waals surface area contributed by atoms with Gasteiger partial charge in [0.25, 0.3) is 0 Å². The summed E-state index contributed by atoms with van der Waals surface area (Å²) in [5, 5.41) is 25.1. The van der Waals surface area contributed by atoms with Crippen LogP contribution in [0.2, 0.25) is 0 Å². The predicted octanol–water partition coefficient (Wildman–Crippen LogP) is -2.03. The van der Waals surface area contributed by atoms with E-state index in [-0.39, 0.29) is 12.3 Å². The molecule has 0 aliphatic carbocycles. The lowest BCUT2D eigenvalue weighted by Gasteiger charge is -2.21. The van der Waals surface area contributed by atoms with E-state index in [1.165, 1.54) is 12.5 Å². The van der Waals surface area contributed by atoms with Gasteiger partial charge in [0, 0.05) is 18.3 Å². The minimum Gasteiger partial charge on any atom is -0.481 e. The number of imidazole rings is 1. The van der Waals surface area contributed by atoms with Crippen molar-refractivity contribution < 1.29 is 34.2 Å². The summed E-state index contributed by atoms with van der Waals surface area (Å²) in [5.41, 5.74) is 6.20. The van der Waals surface area contributed by atoms with E-state index < -0.39 is 60.8 Å². The molecule has 0 bridgehead atoms. The maximum absolute atomic E-state index is 12.4. The number of carboxylic acids is 2. The summed E-state index contributed by atoms with van der Waals surface area (Å²) in [6, 6.07) is -3.75. The van der Waals surface area contributed by atoms with Crippen molar-refractivity contribution in [1.82, 2.24) is 25.9 Å². The summed E-state index contributed by atoms with van der Waals surface area (Å²) < 4.78 is 0. The Morgan fingerprint density at radius 2 is 1.81 bits per heavy atom. The van der Waals surface area contributed by atoms with Gasteiger partial charge in [-0.1, -0.05) is 20.3 Å². The number of aliphatic carboxylic acids is 2. The van der Waals surface area contributed by atoms with E-state index in [4.69, 9.17) is 10.8 Å². The van der Waals surface area contributed by atoms with Crippen molar-refractivity contribution in [2.75, 3.05) is 6.54 Å². The second kappa shape index (κ2) is 12.3. The summed E-state index contributed by atoms with van der Waals surface area (Å²) in [5.74, 6) is -5.24. The molecule has 13 heteroatoms. The molecule has 13 nitrogen and oxygen atoms in total. The number of carbonyl (C=O) groups is 5. The van der Waals surface area contributed by atoms with Crippen molar-refractivity contribution in [2.45, 2.75) is 51.2 Å². The van der Waals surface area contributed by atoms with Crippen LogP contribution in [0.1, 0.15) is 32.4 Å². The number of hydrogen-bond acceptors (Lipinski definition) is 7. The maximum Gasteiger partial charge on any atom is 0.326 e. The van der Waals surface area contributed by atoms with E-state index in [0.29, 0.717) is 12.1 Å². The first-order chi connectivity index (χ1) is 14.5. The third-order valence-corrected chi connectivity index (χ3v) is 4.61. The highest BCUT2D eigenvalue weighted by Gasteiger charge is 2.29. The van der Waals surface area contributed by atoms with Crippen LogP contribution in [0.5, 0.6) is 0 Å². The van der Waals surface area contributed by atoms with Gasteiger partial charge >= 0.3 is 11.9 Å². The molecule has 1 aromatic rings. The number of nitrogens with two attached hydrogens (primary N) is 1. The number of aromatic amines is 1. The Morgan fingerprint density at radius 1 is 1.13 bits per heavy atom. The van der Waals surface area contributed by atoms with Crippen molar-refractivity contribution in [3.8, 4) is 0 Å². The predicted molar refractivity (Wildman–Crippen MR) is 106 cm³/mol. The fourth-order valence-electron chi connectivity index (χ4n) is 2.52. The van der Waals surface area contributed by atoms with Crippen molar-refractivity contribution in [3.63, 3.8) is 0 Å². The molecule has 0 saturated carbocycles. The van der Waals surface area contributed by atoms with Crippen LogP contribution >= 0.6 is 0 Å². The number of amides is 3. The highest BCUT2D eigenvalue weighted by atomic mass is 16.4. The Hall–Kier alpha value is -3.48. The number of carbonyl (C=O) groups excluding carboxylic acids is 3. The molecule has 0 aliphatic rings. The molecule has 4 atom stereocenters. The van der Waals surface area contributed by atoms with Crippen molar-refractivity contribution in [2.24, 2.45) is 11.7 Å². The fraction of sp³-hybridized carbons (Fsp3) is 0.556. The number of nitrogens with zero attached hydrogens (tertiary/aromatic N) is 1. The molecule has 0 saturated heterocycles. The smallest absolute Gasteiger partial charge is 0.326 e. The lowest BCUT2D eigenvalue weighted by atomic mass is 9.99. The van der Waals surface area contributed by atoms with Crippen LogP contribution < -0.4 is 21.7 Å². The lowest BCUT2D eigenvalue weighted by molar-refractivity contribution is -0.143. The van der Waals surface area contributed by atoms with Gasteiger partial charge in [-0.25, -0.2) is 9.78 Å². The molecular formula is C18H28N6O7. The standard InChI is InChI=1S/C18H28N6O7/c1-3-9(2)15(19)17(29)21-7-13(25)23-11(5-14(26)27)16(28)24-12(18(30)31)4-10-6-20-8-22-10/h6,8-9,11-12,15H,3-5,7,19H2,1-2H3,(H,20,22)(H,21,29)(H,23,25)(H,24,28)(H,26,27)(H,30,31). The van der Waals surface area contributed by atoms with E-state index >= 15 is 0 Å². The van der Waals surface area contributed by atoms with Crippen LogP contribution in [0.15, 0.2) is 12.5 Å². The van der Waals surface area contributed by atoms with Gasteiger partial charge in [0.15, 0.2) is 0 Å². The van der Waals surface area contributed by atoms with Crippen LogP contribution in [0, 0.1) is 5.92 Å². The number of hydrogen-bond donors (Lipinski definition) is 7. The third-order valence-electron chi connectivity index (χ3n) is 4.61. The Balaban J connectivity index is 2.72. The van der Waals surface area contributed by atoms with Gasteiger partial charge in [-0.3, -0.25) is 19.2 Å². The Morgan fingerprint density at radius 3 is 2.32 bits per heavy atom. The zero-order chi connectivity index (χ0) is 23.6. The number of carboxylic acid groups (broad SMARTS) is 2. The minimum atomic E-state index is -1.55. The molecule has 31 heavy (non-hydrogen) atoms. The molecule has 0 spiro atoms. The van der Waals surface area contributed by atoms with Gasteiger partial charge < -0.3 is 36.9 Å². The topological polar surface area (TPSA) is 217 Å². The summed E-state index contributed by atoms with van der Waals surface area (Å²) in [6.45, 7) is 3.11. The second-order valence-electron chi connectivity index (χ2n) is 7.03. The lowest BCUT2D eigenvalue weighted by Crippen LogP contribution is -2.55. The number of aromatic nitrogens is 2. The van der Waals surface area contributed by atoms with E-state index in [1.807, 2.05) is 6.92 Å². The molecule has 0 fully saturated rings. The number of nitrogens with one attached hydrogen (secondary N) is 4. The monoisotopic (exact) mass is 440 g/mol. The van der Waals surface area contributed by atoms with Gasteiger partial charge in [0.2, 0.25) is 17.7 Å². The molecule has 0 aliphatic heterocycles. The first-order valence-electron chi connectivity index (χ1n) is 9.60. The van der Waals surface area contributed by atoms with Gasteiger partial charge in [-0.15, -0.1) is 0 Å². The van der Waals surface area contributed by atoms with E-state index in [0.717, 1.165) is 0 Å². The van der Waals surface area contributed by atoms with Crippen molar-refractivity contribution in [1.29, 1.82) is 0 Å². The SMILES string of the molecule is CCC(C)C(N)C(=O)NCC(=O)NC(CC(=O)O)C(=O)NC(Cc1cnc[nH]1)C(=O)O. The van der Waals surface area contributed by atoms with Crippen LogP contribution in [0.4, 0.5) is 0 Å². The highest BCUT2D eigenvalue weighted by molar-refractivity contribution is 5.94. The van der Waals surface area contributed by atoms with Crippen LogP contribution in [-0.2, 0) is 30.4 Å². The zero-order valence-electron chi connectivity index (χ0n) is 17.3. The molecular weight excluding hydrogens is 412 g/mol. The fourth-order valence-corrected chi connectivity index (χ4v) is 2.52. The van der Waals surface area contributed by atoms with E-state index in [1.54, 1.807) is 6.92 Å². The number of H-pyrrole nitrogens is 1. The number of rotatable bonds is 13. The Bertz CT molecular complexity index is 782. The molecule has 0 radical (unpaired) electrons. The molecule has 0 aromatic carbocycles. The largest absolute Gasteiger partial charge is 0.481 e. The molecule has 8 N–H and O–H groups in total. The average Bonchev–Trinajstić information content (AvgIpc) is 3.22. The summed E-state index contributed by atoms with van der Waals surface area (Å²) in [6.07, 6.45) is 2.47. The Labute approximate surface area is 178 Å². The molecule has 3 amide bonds. The summed E-state index contributed by atoms with van der Waals surface area (Å²) in [7, 11) is 0. The van der Waals surface area contributed by atoms with Crippen molar-refractivity contribution >= 4 is 29.7 Å². The van der Waals surface area contributed by atoms with Gasteiger partial charge in [-0.05, 0) is 5.92 Å². The first-order valence-corrected chi connectivity index (χ1v) is 9.60. The average molecular weight is 440 g/mol. The van der Waals surface area contributed by atoms with Gasteiger partial charge in [-0.2, -0.15) is 0 Å². The minimum absolute atomic E-state index is 0.114. The highest BCUT2D eigenvalue weighted by Crippen LogP contribution is 2.05. The van der Waals surface area contributed by atoms with E-state index in [2.05, 4.69) is 25.9 Å². The zero-order valence-corrected chi connectivity index (χ0v) is 17.3. The quantitative estimate of drug-likeness (QED) is 0.180. The summed E-state index contributed by atoms with van der Waals surface area (Å²) in [4.78, 5) is 65.5.